The number of hydrogen-bond donors (Lipinski definition) is 1. The zero-order valence-electron chi connectivity index (χ0n) is 16.8. The van der Waals surface area contributed by atoms with Crippen LogP contribution in [-0.2, 0) is 14.6 Å². The smallest absolute Gasteiger partial charge is 0.235 e. The molecule has 1 amide bonds. The minimum Gasteiger partial charge on any atom is -0.354 e. The van der Waals surface area contributed by atoms with Gasteiger partial charge in [0.1, 0.15) is 5.75 Å². The van der Waals surface area contributed by atoms with Crippen molar-refractivity contribution in [3.8, 4) is 0 Å². The molecular weight excluding hydrogens is 456 g/mol. The van der Waals surface area contributed by atoms with Crippen LogP contribution in [0.15, 0.2) is 53.4 Å². The Hall–Kier alpha value is -2.20. The summed E-state index contributed by atoms with van der Waals surface area (Å²) in [5.41, 5.74) is 0.958. The second-order valence-corrected chi connectivity index (χ2v) is 10.8. The number of aromatic nitrogens is 1. The summed E-state index contributed by atoms with van der Waals surface area (Å²) in [5, 5.41) is 4.44. The summed E-state index contributed by atoms with van der Waals surface area (Å²) in [4.78, 5) is 21.5. The van der Waals surface area contributed by atoms with Gasteiger partial charge in [0.2, 0.25) is 5.91 Å². The van der Waals surface area contributed by atoms with E-state index in [4.69, 9.17) is 16.6 Å². The van der Waals surface area contributed by atoms with Gasteiger partial charge < -0.3 is 10.2 Å². The minimum absolute atomic E-state index is 0.165. The third-order valence-corrected chi connectivity index (χ3v) is 8.10. The van der Waals surface area contributed by atoms with Gasteiger partial charge >= 0.3 is 0 Å². The van der Waals surface area contributed by atoms with E-state index in [1.54, 1.807) is 29.5 Å². The molecule has 31 heavy (non-hydrogen) atoms. The highest BCUT2D eigenvalue weighted by Crippen LogP contribution is 2.31. The van der Waals surface area contributed by atoms with Gasteiger partial charge in [-0.2, -0.15) is 0 Å². The second kappa shape index (κ2) is 9.52. The molecule has 2 heterocycles. The topological polar surface area (TPSA) is 82.6 Å². The Morgan fingerprint density at radius 1 is 1.10 bits per heavy atom. The molecule has 7 nitrogen and oxygen atoms in total. The molecule has 1 fully saturated rings. The van der Waals surface area contributed by atoms with Crippen LogP contribution in [0.3, 0.4) is 0 Å². The molecule has 0 saturated carbocycles. The number of sulfone groups is 1. The van der Waals surface area contributed by atoms with Crippen LogP contribution < -0.4 is 10.2 Å². The summed E-state index contributed by atoms with van der Waals surface area (Å²) in [6.07, 6.45) is 0. The molecule has 2 aromatic carbocycles. The highest BCUT2D eigenvalue weighted by Gasteiger charge is 2.21. The van der Waals surface area contributed by atoms with E-state index < -0.39 is 21.5 Å². The Kier molecular flexibility index (Phi) is 6.76. The molecule has 1 aliphatic heterocycles. The Morgan fingerprint density at radius 3 is 2.58 bits per heavy atom. The summed E-state index contributed by atoms with van der Waals surface area (Å²) in [6.45, 7) is 4.51. The second-order valence-electron chi connectivity index (χ2n) is 7.36. The SMILES string of the molecule is O=C(CS(=O)(=O)c1ccccc1)NCCN1CCN(c2nc3ccc(Cl)cc3s2)CC1. The number of nitrogens with zero attached hydrogens (tertiary/aromatic N) is 3. The molecule has 0 aliphatic carbocycles. The van der Waals surface area contributed by atoms with E-state index in [1.165, 1.54) is 12.1 Å². The number of carbonyl (C=O) groups is 1. The van der Waals surface area contributed by atoms with Gasteiger partial charge in [0, 0.05) is 44.3 Å². The summed E-state index contributed by atoms with van der Waals surface area (Å²) >= 11 is 7.71. The van der Waals surface area contributed by atoms with Gasteiger partial charge in [0.25, 0.3) is 0 Å². The van der Waals surface area contributed by atoms with Crippen LogP contribution in [0.2, 0.25) is 5.02 Å². The predicted molar refractivity (Wildman–Crippen MR) is 125 cm³/mol. The van der Waals surface area contributed by atoms with Crippen molar-refractivity contribution >= 4 is 54.0 Å². The first kappa shape index (κ1) is 22.0. The number of nitrogens with one attached hydrogen (secondary N) is 1. The number of hydrogen-bond acceptors (Lipinski definition) is 7. The molecule has 4 rings (SSSR count). The zero-order valence-corrected chi connectivity index (χ0v) is 19.2. The van der Waals surface area contributed by atoms with Crippen molar-refractivity contribution in [3.63, 3.8) is 0 Å². The third kappa shape index (κ3) is 5.54. The molecule has 0 bridgehead atoms. The number of piperazine rings is 1. The van der Waals surface area contributed by atoms with Gasteiger partial charge in [-0.05, 0) is 30.3 Å². The lowest BCUT2D eigenvalue weighted by molar-refractivity contribution is -0.118. The lowest BCUT2D eigenvalue weighted by atomic mass is 10.3. The monoisotopic (exact) mass is 478 g/mol. The van der Waals surface area contributed by atoms with Crippen LogP contribution in [0.1, 0.15) is 0 Å². The van der Waals surface area contributed by atoms with E-state index in [9.17, 15) is 13.2 Å². The van der Waals surface area contributed by atoms with Gasteiger partial charge in [0.05, 0.1) is 15.1 Å². The summed E-state index contributed by atoms with van der Waals surface area (Å²) in [7, 11) is -3.61. The minimum atomic E-state index is -3.61. The first-order valence-electron chi connectivity index (χ1n) is 9.99. The standard InChI is InChI=1S/C21H23ClN4O3S2/c22-16-6-7-18-19(14-16)30-21(24-18)26-12-10-25(11-13-26)9-8-23-20(27)15-31(28,29)17-4-2-1-3-5-17/h1-7,14H,8-13,15H2,(H,23,27). The fourth-order valence-electron chi connectivity index (χ4n) is 3.47. The van der Waals surface area contributed by atoms with Gasteiger partial charge in [-0.15, -0.1) is 0 Å². The number of thiazole rings is 1. The maximum Gasteiger partial charge on any atom is 0.235 e. The van der Waals surface area contributed by atoms with E-state index in [2.05, 4.69) is 15.1 Å². The number of benzene rings is 2. The van der Waals surface area contributed by atoms with Crippen LogP contribution in [0.5, 0.6) is 0 Å². The van der Waals surface area contributed by atoms with Crippen molar-refractivity contribution in [2.45, 2.75) is 4.90 Å². The maximum absolute atomic E-state index is 12.3. The Morgan fingerprint density at radius 2 is 1.84 bits per heavy atom. The first-order valence-corrected chi connectivity index (χ1v) is 12.8. The highest BCUT2D eigenvalue weighted by molar-refractivity contribution is 7.92. The van der Waals surface area contributed by atoms with E-state index >= 15 is 0 Å². The lowest BCUT2D eigenvalue weighted by Crippen LogP contribution is -2.48. The van der Waals surface area contributed by atoms with Crippen molar-refractivity contribution < 1.29 is 13.2 Å². The third-order valence-electron chi connectivity index (χ3n) is 5.16. The van der Waals surface area contributed by atoms with Crippen LogP contribution in [0.25, 0.3) is 10.2 Å². The fourth-order valence-corrected chi connectivity index (χ4v) is 5.95. The zero-order chi connectivity index (χ0) is 21.8. The molecule has 164 valence electrons. The number of halogens is 1. The quantitative estimate of drug-likeness (QED) is 0.562. The van der Waals surface area contributed by atoms with Crippen molar-refractivity contribution in [3.05, 3.63) is 53.6 Å². The van der Waals surface area contributed by atoms with Crippen LogP contribution in [0, 0.1) is 0 Å². The number of carbonyl (C=O) groups excluding carboxylic acids is 1. The summed E-state index contributed by atoms with van der Waals surface area (Å²) < 4.78 is 25.6. The van der Waals surface area contributed by atoms with Crippen LogP contribution in [0.4, 0.5) is 5.13 Å². The van der Waals surface area contributed by atoms with Gasteiger partial charge in [-0.1, -0.05) is 41.1 Å². The molecule has 1 N–H and O–H groups in total. The van der Waals surface area contributed by atoms with Crippen molar-refractivity contribution in [1.29, 1.82) is 0 Å². The molecule has 1 saturated heterocycles. The van der Waals surface area contributed by atoms with E-state index in [0.717, 1.165) is 41.5 Å². The van der Waals surface area contributed by atoms with Crippen molar-refractivity contribution in [2.24, 2.45) is 0 Å². The predicted octanol–water partition coefficient (Wildman–Crippen LogP) is 2.66. The highest BCUT2D eigenvalue weighted by atomic mass is 35.5. The molecule has 1 aromatic heterocycles. The van der Waals surface area contributed by atoms with Gasteiger partial charge in [-0.25, -0.2) is 13.4 Å². The number of rotatable bonds is 7. The molecule has 0 atom stereocenters. The molecule has 10 heteroatoms. The fraction of sp³-hybridized carbons (Fsp3) is 0.333. The Bertz CT molecular complexity index is 1160. The number of fused-ring (bicyclic) bond motifs is 1. The molecule has 0 unspecified atom stereocenters. The van der Waals surface area contributed by atoms with E-state index in [1.807, 2.05) is 18.2 Å². The molecule has 0 radical (unpaired) electrons. The number of anilines is 1. The Labute approximate surface area is 190 Å². The van der Waals surface area contributed by atoms with Gasteiger partial charge in [0.15, 0.2) is 15.0 Å². The molecular formula is C21H23ClN4O3S2. The average Bonchev–Trinajstić information content (AvgIpc) is 3.18. The summed E-state index contributed by atoms with van der Waals surface area (Å²) in [5.74, 6) is -1.01. The van der Waals surface area contributed by atoms with E-state index in [0.29, 0.717) is 18.1 Å². The van der Waals surface area contributed by atoms with E-state index in [-0.39, 0.29) is 4.90 Å². The van der Waals surface area contributed by atoms with Crippen molar-refractivity contribution in [1.82, 2.24) is 15.2 Å². The Balaban J connectivity index is 1.22. The molecule has 1 aliphatic rings. The average molecular weight is 479 g/mol. The van der Waals surface area contributed by atoms with Crippen LogP contribution >= 0.6 is 22.9 Å². The van der Waals surface area contributed by atoms with Crippen LogP contribution in [-0.4, -0.2) is 69.2 Å². The number of amides is 1. The molecule has 3 aromatic rings. The largest absolute Gasteiger partial charge is 0.354 e. The van der Waals surface area contributed by atoms with Gasteiger partial charge in [-0.3, -0.25) is 9.69 Å². The summed E-state index contributed by atoms with van der Waals surface area (Å²) in [6, 6.07) is 13.8. The van der Waals surface area contributed by atoms with Crippen molar-refractivity contribution in [2.75, 3.05) is 49.9 Å². The maximum atomic E-state index is 12.3. The molecule has 0 spiro atoms. The normalized spacial score (nSPS) is 15.3. The lowest BCUT2D eigenvalue weighted by Gasteiger charge is -2.34. The first-order chi connectivity index (χ1) is 14.9.